The number of nitriles is 2. The van der Waals surface area contributed by atoms with Gasteiger partial charge in [-0.1, -0.05) is 36.4 Å². The van der Waals surface area contributed by atoms with Crippen molar-refractivity contribution in [2.45, 2.75) is 36.3 Å². The van der Waals surface area contributed by atoms with Crippen LogP contribution >= 0.6 is 0 Å². The van der Waals surface area contributed by atoms with Gasteiger partial charge in [-0.3, -0.25) is 20.2 Å². The Morgan fingerprint density at radius 2 is 1.02 bits per heavy atom. The van der Waals surface area contributed by atoms with Crippen LogP contribution in [0.1, 0.15) is 35.1 Å². The van der Waals surface area contributed by atoms with E-state index in [2.05, 4.69) is 0 Å². The quantitative estimate of drug-likeness (QED) is 0.182. The van der Waals surface area contributed by atoms with E-state index < -0.39 is 103 Å². The van der Waals surface area contributed by atoms with Gasteiger partial charge >= 0.3 is 12.4 Å². The molecule has 2 atom stereocenters. The van der Waals surface area contributed by atoms with E-state index in [1.807, 2.05) is 0 Å². The van der Waals surface area contributed by atoms with Crippen molar-refractivity contribution in [1.82, 2.24) is 0 Å². The van der Waals surface area contributed by atoms with Crippen LogP contribution in [0.3, 0.4) is 0 Å². The van der Waals surface area contributed by atoms with Crippen LogP contribution in [0.4, 0.5) is 35.1 Å². The summed E-state index contributed by atoms with van der Waals surface area (Å²) in [5.41, 5.74) is -13.1. The van der Waals surface area contributed by atoms with E-state index in [1.165, 1.54) is 12.1 Å². The van der Waals surface area contributed by atoms with Crippen molar-refractivity contribution in [3.8, 4) is 12.1 Å². The van der Waals surface area contributed by atoms with Gasteiger partial charge in [-0.15, -0.1) is 0 Å². The predicted octanol–water partition coefficient (Wildman–Crippen LogP) is 7.45. The molecule has 0 N–H and O–H groups in total. The number of nitrogens with zero attached hydrogens (tertiary/aromatic N) is 4. The smallest absolute Gasteiger partial charge is 0.416 e. The summed E-state index contributed by atoms with van der Waals surface area (Å²) in [6.45, 7) is 0. The van der Waals surface area contributed by atoms with E-state index in [-0.39, 0.29) is 12.2 Å². The number of halogens is 8. The molecule has 2 aliphatic carbocycles. The molecule has 4 rings (SSSR count). The second-order valence-electron chi connectivity index (χ2n) is 9.73. The van der Waals surface area contributed by atoms with Crippen molar-refractivity contribution in [2.75, 3.05) is 0 Å². The highest BCUT2D eigenvalue weighted by Crippen LogP contribution is 2.49. The minimum absolute atomic E-state index is 0.103. The average molecular weight is 638 g/mol. The van der Waals surface area contributed by atoms with Gasteiger partial charge in [0, 0.05) is 33.1 Å². The number of hydrogen-bond acceptors (Lipinski definition) is 7. The maximum absolute atomic E-state index is 15.6. The van der Waals surface area contributed by atoms with Gasteiger partial charge in [0.2, 0.25) is 0 Å². The molecule has 2 aromatic rings. The second-order valence-corrected chi connectivity index (χ2v) is 9.73. The summed E-state index contributed by atoms with van der Waals surface area (Å²) in [6, 6.07) is 8.96. The van der Waals surface area contributed by atoms with Gasteiger partial charge in [0.25, 0.3) is 11.1 Å². The lowest BCUT2D eigenvalue weighted by Crippen LogP contribution is -2.39. The zero-order valence-corrected chi connectivity index (χ0v) is 22.0. The highest BCUT2D eigenvalue weighted by molar-refractivity contribution is 5.52. The van der Waals surface area contributed by atoms with Crippen LogP contribution < -0.4 is 0 Å². The number of benzene rings is 2. The first-order valence-corrected chi connectivity index (χ1v) is 12.3. The minimum Gasteiger partial charge on any atom is -0.449 e. The Hall–Kier alpha value is -5.58. The Morgan fingerprint density at radius 3 is 1.31 bits per heavy atom. The molecule has 232 valence electrons. The zero-order valence-electron chi connectivity index (χ0n) is 22.0. The number of allylic oxidation sites excluding steroid dienone is 2. The monoisotopic (exact) mass is 638 g/mol. The molecule has 0 bridgehead atoms. The lowest BCUT2D eigenvalue weighted by atomic mass is 9.77. The third-order valence-electron chi connectivity index (χ3n) is 7.13. The molecule has 0 heterocycles. The van der Waals surface area contributed by atoms with Gasteiger partial charge in [0.15, 0.2) is 23.2 Å². The minimum atomic E-state index is -5.14. The van der Waals surface area contributed by atoms with Gasteiger partial charge < -0.3 is 4.74 Å². The van der Waals surface area contributed by atoms with Crippen molar-refractivity contribution < 1.29 is 49.7 Å². The molecular formula is C28H14F8N4O5. The van der Waals surface area contributed by atoms with Crippen LogP contribution in [0.25, 0.3) is 0 Å². The van der Waals surface area contributed by atoms with Crippen molar-refractivity contribution in [3.63, 3.8) is 0 Å². The number of nitro groups is 2. The fourth-order valence-electron chi connectivity index (χ4n) is 5.14. The Balaban J connectivity index is 1.85. The average Bonchev–Trinajstić information content (AvgIpc) is 2.97. The van der Waals surface area contributed by atoms with Crippen molar-refractivity contribution in [3.05, 3.63) is 137 Å². The SMILES string of the molecule is N#CC1=C(OC2=C(C#N)CC(c3ccccc3C(F)(F)F)([N+](=O)[O-])C=C2F)C(F)=CC(c2ccccc2C(F)(F)F)([N+](=O)[O-])C1. The maximum Gasteiger partial charge on any atom is 0.416 e. The molecule has 17 heteroatoms. The van der Waals surface area contributed by atoms with Gasteiger partial charge in [0.1, 0.15) is 0 Å². The molecule has 0 aliphatic heterocycles. The van der Waals surface area contributed by atoms with E-state index >= 15 is 8.78 Å². The molecule has 0 fully saturated rings. The van der Waals surface area contributed by atoms with Crippen LogP contribution in [0.15, 0.2) is 95.0 Å². The summed E-state index contributed by atoms with van der Waals surface area (Å²) in [5.74, 6) is -6.15. The van der Waals surface area contributed by atoms with E-state index in [0.29, 0.717) is 24.3 Å². The molecule has 0 spiro atoms. The summed E-state index contributed by atoms with van der Waals surface area (Å²) in [6.07, 6.45) is -12.6. The first-order chi connectivity index (χ1) is 20.9. The van der Waals surface area contributed by atoms with Crippen LogP contribution in [0.2, 0.25) is 0 Å². The highest BCUT2D eigenvalue weighted by atomic mass is 19.4. The first kappa shape index (κ1) is 32.3. The van der Waals surface area contributed by atoms with Crippen LogP contribution in [-0.4, -0.2) is 9.85 Å². The second kappa shape index (κ2) is 11.2. The van der Waals surface area contributed by atoms with Crippen LogP contribution in [0.5, 0.6) is 0 Å². The van der Waals surface area contributed by atoms with Crippen molar-refractivity contribution in [1.29, 1.82) is 10.5 Å². The number of ether oxygens (including phenoxy) is 1. The van der Waals surface area contributed by atoms with Crippen molar-refractivity contribution >= 4 is 0 Å². The Morgan fingerprint density at radius 1 is 0.689 bits per heavy atom. The molecule has 0 amide bonds. The maximum atomic E-state index is 15.6. The van der Waals surface area contributed by atoms with Crippen LogP contribution in [-0.2, 0) is 28.2 Å². The molecule has 0 saturated carbocycles. The summed E-state index contributed by atoms with van der Waals surface area (Å²) >= 11 is 0. The summed E-state index contributed by atoms with van der Waals surface area (Å²) in [4.78, 5) is 21.8. The van der Waals surface area contributed by atoms with Gasteiger partial charge in [-0.25, -0.2) is 8.78 Å². The van der Waals surface area contributed by atoms with Crippen LogP contribution in [0, 0.1) is 42.9 Å². The van der Waals surface area contributed by atoms with Gasteiger partial charge in [-0.05, 0) is 12.1 Å². The molecule has 45 heavy (non-hydrogen) atoms. The predicted molar refractivity (Wildman–Crippen MR) is 134 cm³/mol. The molecular weight excluding hydrogens is 624 g/mol. The third kappa shape index (κ3) is 5.48. The molecule has 9 nitrogen and oxygen atoms in total. The number of hydrogen-bond donors (Lipinski definition) is 0. The van der Waals surface area contributed by atoms with E-state index in [4.69, 9.17) is 4.74 Å². The highest BCUT2D eigenvalue weighted by Gasteiger charge is 2.55. The molecule has 0 aromatic heterocycles. The van der Waals surface area contributed by atoms with Gasteiger partial charge in [-0.2, -0.15) is 36.9 Å². The molecule has 2 unspecified atom stereocenters. The van der Waals surface area contributed by atoms with E-state index in [9.17, 15) is 57.1 Å². The topological polar surface area (TPSA) is 143 Å². The van der Waals surface area contributed by atoms with Crippen molar-refractivity contribution in [2.24, 2.45) is 0 Å². The third-order valence-corrected chi connectivity index (χ3v) is 7.13. The molecule has 2 aliphatic rings. The standard InChI is InChI=1S/C28H14F8N4O5/c29-21-11-25(39(41)42,17-5-1-3-7-19(17)27(31,32)33)9-15(13-37)23(21)45-24-16(14-38)10-26(40(43)44,12-22(24)30)18-6-2-4-8-20(18)28(34,35)36/h1-8,11-12H,9-10H2. The Labute approximate surface area is 246 Å². The lowest BCUT2D eigenvalue weighted by Gasteiger charge is -2.31. The van der Waals surface area contributed by atoms with E-state index in [0.717, 1.165) is 24.3 Å². The molecule has 0 saturated heterocycles. The molecule has 0 radical (unpaired) electrons. The normalized spacial score (nSPS) is 22.2. The van der Waals surface area contributed by atoms with Gasteiger partial charge in [0.05, 0.1) is 47.3 Å². The summed E-state index contributed by atoms with van der Waals surface area (Å²) in [7, 11) is 0. The number of alkyl halides is 6. The fourth-order valence-corrected chi connectivity index (χ4v) is 5.14. The molecule has 2 aromatic carbocycles. The lowest BCUT2D eigenvalue weighted by molar-refractivity contribution is -0.564. The fraction of sp³-hybridized carbons (Fsp3) is 0.214. The van der Waals surface area contributed by atoms with E-state index in [1.54, 1.807) is 0 Å². The Bertz CT molecular complexity index is 1700. The summed E-state index contributed by atoms with van der Waals surface area (Å²) < 4.78 is 119. The summed E-state index contributed by atoms with van der Waals surface area (Å²) in [5, 5.41) is 43.7. The Kier molecular flexibility index (Phi) is 8.02. The first-order valence-electron chi connectivity index (χ1n) is 12.3. The zero-order chi connectivity index (χ0) is 33.5. The number of rotatable bonds is 6. The largest absolute Gasteiger partial charge is 0.449 e.